The predicted octanol–water partition coefficient (Wildman–Crippen LogP) is 5.91. The second kappa shape index (κ2) is 8.93. The summed E-state index contributed by atoms with van der Waals surface area (Å²) >= 11 is 0. The lowest BCUT2D eigenvalue weighted by Crippen LogP contribution is -2.10. The van der Waals surface area contributed by atoms with Crippen LogP contribution in [-0.4, -0.2) is 33.1 Å². The van der Waals surface area contributed by atoms with Gasteiger partial charge in [-0.1, -0.05) is 18.2 Å². The Morgan fingerprint density at radius 1 is 0.941 bits per heavy atom. The summed E-state index contributed by atoms with van der Waals surface area (Å²) < 4.78 is 46.2. The summed E-state index contributed by atoms with van der Waals surface area (Å²) in [6.07, 6.45) is -3.22. The zero-order valence-corrected chi connectivity index (χ0v) is 18.1. The molecule has 2 heterocycles. The Bertz CT molecular complexity index is 1370. The van der Waals surface area contributed by atoms with E-state index in [0.29, 0.717) is 28.0 Å². The SMILES string of the molecule is COc1ccc(C(=O)O)cc1-c1cccc(-c2nc(-c3ccc(C)nc3)cc(C(F)(F)F)n2)c1. The van der Waals surface area contributed by atoms with Crippen molar-refractivity contribution in [3.63, 3.8) is 0 Å². The average molecular weight is 465 g/mol. The van der Waals surface area contributed by atoms with Gasteiger partial charge in [-0.2, -0.15) is 13.2 Å². The molecule has 9 heteroatoms. The quantitative estimate of drug-likeness (QED) is 0.395. The lowest BCUT2D eigenvalue weighted by atomic mass is 9.99. The van der Waals surface area contributed by atoms with Gasteiger partial charge in [-0.15, -0.1) is 0 Å². The van der Waals surface area contributed by atoms with Gasteiger partial charge in [0.1, 0.15) is 11.4 Å². The predicted molar refractivity (Wildman–Crippen MR) is 119 cm³/mol. The summed E-state index contributed by atoms with van der Waals surface area (Å²) in [7, 11) is 1.45. The van der Waals surface area contributed by atoms with Crippen LogP contribution >= 0.6 is 0 Å². The van der Waals surface area contributed by atoms with E-state index in [9.17, 15) is 23.1 Å². The summed E-state index contributed by atoms with van der Waals surface area (Å²) in [4.78, 5) is 23.7. The van der Waals surface area contributed by atoms with Gasteiger partial charge in [0.25, 0.3) is 0 Å². The summed E-state index contributed by atoms with van der Waals surface area (Å²) in [6, 6.07) is 15.1. The molecule has 34 heavy (non-hydrogen) atoms. The number of aromatic carboxylic acids is 1. The number of ether oxygens (including phenoxy) is 1. The topological polar surface area (TPSA) is 85.2 Å². The maximum Gasteiger partial charge on any atom is 0.433 e. The molecule has 0 fully saturated rings. The molecule has 0 spiro atoms. The molecule has 172 valence electrons. The number of aromatic nitrogens is 3. The van der Waals surface area contributed by atoms with Crippen LogP contribution in [0.3, 0.4) is 0 Å². The number of nitrogens with zero attached hydrogens (tertiary/aromatic N) is 3. The molecule has 6 nitrogen and oxygen atoms in total. The molecular weight excluding hydrogens is 447 g/mol. The molecule has 0 aliphatic rings. The zero-order chi connectivity index (χ0) is 24.5. The maximum absolute atomic E-state index is 13.6. The molecule has 0 atom stereocenters. The van der Waals surface area contributed by atoms with E-state index >= 15 is 0 Å². The number of rotatable bonds is 5. The number of benzene rings is 2. The van der Waals surface area contributed by atoms with E-state index in [1.807, 2.05) is 0 Å². The number of carbonyl (C=O) groups is 1. The Kier molecular flexibility index (Phi) is 6.02. The number of alkyl halides is 3. The van der Waals surface area contributed by atoms with Crippen LogP contribution in [0.1, 0.15) is 21.7 Å². The molecule has 2 aromatic carbocycles. The number of pyridine rings is 1. The lowest BCUT2D eigenvalue weighted by Gasteiger charge is -2.13. The van der Waals surface area contributed by atoms with Crippen LogP contribution in [-0.2, 0) is 6.18 Å². The second-order valence-electron chi connectivity index (χ2n) is 7.45. The minimum absolute atomic E-state index is 0.0469. The van der Waals surface area contributed by atoms with E-state index in [1.54, 1.807) is 43.3 Å². The first-order valence-corrected chi connectivity index (χ1v) is 10.1. The van der Waals surface area contributed by atoms with Crippen LogP contribution in [0.25, 0.3) is 33.8 Å². The Morgan fingerprint density at radius 2 is 1.71 bits per heavy atom. The fourth-order valence-corrected chi connectivity index (χ4v) is 3.38. The third kappa shape index (κ3) is 4.73. The minimum atomic E-state index is -4.68. The van der Waals surface area contributed by atoms with Crippen molar-refractivity contribution >= 4 is 5.97 Å². The van der Waals surface area contributed by atoms with Crippen molar-refractivity contribution in [3.05, 3.63) is 83.8 Å². The van der Waals surface area contributed by atoms with Crippen molar-refractivity contribution in [1.29, 1.82) is 0 Å². The smallest absolute Gasteiger partial charge is 0.433 e. The van der Waals surface area contributed by atoms with Crippen molar-refractivity contribution in [2.24, 2.45) is 0 Å². The third-order valence-electron chi connectivity index (χ3n) is 5.10. The molecule has 0 aliphatic heterocycles. The maximum atomic E-state index is 13.6. The highest BCUT2D eigenvalue weighted by molar-refractivity contribution is 5.90. The average Bonchev–Trinajstić information content (AvgIpc) is 2.83. The summed E-state index contributed by atoms with van der Waals surface area (Å²) in [6.45, 7) is 1.77. The van der Waals surface area contributed by atoms with Gasteiger partial charge in [-0.05, 0) is 55.0 Å². The standard InChI is InChI=1S/C25H18F3N3O3/c1-14-6-7-18(13-29-14)20-12-22(25(26,27)28)31-23(30-20)16-5-3-4-15(10-16)19-11-17(24(32)33)8-9-21(19)34-2/h3-13H,1-2H3,(H,32,33). The second-order valence-corrected chi connectivity index (χ2v) is 7.45. The van der Waals surface area contributed by atoms with Crippen molar-refractivity contribution < 1.29 is 27.8 Å². The van der Waals surface area contributed by atoms with Crippen LogP contribution in [0.15, 0.2) is 66.9 Å². The first-order valence-electron chi connectivity index (χ1n) is 10.1. The molecule has 2 aromatic heterocycles. The van der Waals surface area contributed by atoms with Crippen LogP contribution in [0.5, 0.6) is 5.75 Å². The highest BCUT2D eigenvalue weighted by Gasteiger charge is 2.34. The normalized spacial score (nSPS) is 11.3. The lowest BCUT2D eigenvalue weighted by molar-refractivity contribution is -0.141. The van der Waals surface area contributed by atoms with Gasteiger partial charge in [-0.3, -0.25) is 4.98 Å². The molecule has 4 rings (SSSR count). The zero-order valence-electron chi connectivity index (χ0n) is 18.1. The number of methoxy groups -OCH3 is 1. The Morgan fingerprint density at radius 3 is 2.35 bits per heavy atom. The fraction of sp³-hybridized carbons (Fsp3) is 0.120. The molecular formula is C25H18F3N3O3. The van der Waals surface area contributed by atoms with Crippen molar-refractivity contribution in [1.82, 2.24) is 15.0 Å². The van der Waals surface area contributed by atoms with Crippen LogP contribution in [0, 0.1) is 6.92 Å². The van der Waals surface area contributed by atoms with Gasteiger partial charge < -0.3 is 9.84 Å². The monoisotopic (exact) mass is 465 g/mol. The van der Waals surface area contributed by atoms with E-state index in [4.69, 9.17) is 4.74 Å². The van der Waals surface area contributed by atoms with Crippen LogP contribution in [0.2, 0.25) is 0 Å². The first-order chi connectivity index (χ1) is 16.2. The highest BCUT2D eigenvalue weighted by Crippen LogP contribution is 2.35. The molecule has 4 aromatic rings. The molecule has 0 radical (unpaired) electrons. The summed E-state index contributed by atoms with van der Waals surface area (Å²) in [5, 5.41) is 9.34. The van der Waals surface area contributed by atoms with Gasteiger partial charge in [0.15, 0.2) is 5.82 Å². The number of halogens is 3. The largest absolute Gasteiger partial charge is 0.496 e. The van der Waals surface area contributed by atoms with E-state index < -0.39 is 17.8 Å². The number of hydrogen-bond donors (Lipinski definition) is 1. The van der Waals surface area contributed by atoms with E-state index in [0.717, 1.165) is 11.8 Å². The van der Waals surface area contributed by atoms with Crippen LogP contribution < -0.4 is 4.74 Å². The molecule has 0 saturated heterocycles. The summed E-state index contributed by atoms with van der Waals surface area (Å²) in [5.41, 5.74) is 1.53. The van der Waals surface area contributed by atoms with Crippen molar-refractivity contribution in [3.8, 4) is 39.5 Å². The van der Waals surface area contributed by atoms with Gasteiger partial charge in [0.05, 0.1) is 18.4 Å². The van der Waals surface area contributed by atoms with Gasteiger partial charge in [0, 0.05) is 28.6 Å². The number of carboxylic acids is 1. The Labute approximate surface area is 192 Å². The van der Waals surface area contributed by atoms with E-state index in [-0.39, 0.29) is 17.1 Å². The Hall–Kier alpha value is -4.27. The fourth-order valence-electron chi connectivity index (χ4n) is 3.38. The molecule has 0 saturated carbocycles. The van der Waals surface area contributed by atoms with Gasteiger partial charge >= 0.3 is 12.1 Å². The molecule has 0 amide bonds. The van der Waals surface area contributed by atoms with Gasteiger partial charge in [-0.25, -0.2) is 14.8 Å². The molecule has 0 unspecified atom stereocenters. The Balaban J connectivity index is 1.87. The van der Waals surface area contributed by atoms with Gasteiger partial charge in [0.2, 0.25) is 0 Å². The first kappa shape index (κ1) is 22.9. The molecule has 1 N–H and O–H groups in total. The molecule has 0 bridgehead atoms. The third-order valence-corrected chi connectivity index (χ3v) is 5.10. The van der Waals surface area contributed by atoms with Crippen molar-refractivity contribution in [2.45, 2.75) is 13.1 Å². The van der Waals surface area contributed by atoms with Crippen molar-refractivity contribution in [2.75, 3.05) is 7.11 Å². The van der Waals surface area contributed by atoms with Crippen LogP contribution in [0.4, 0.5) is 13.2 Å². The minimum Gasteiger partial charge on any atom is -0.496 e. The van der Waals surface area contributed by atoms with E-state index in [2.05, 4.69) is 15.0 Å². The molecule has 0 aliphatic carbocycles. The summed E-state index contributed by atoms with van der Waals surface area (Å²) in [5.74, 6) is -0.822. The highest BCUT2D eigenvalue weighted by atomic mass is 19.4. The van der Waals surface area contributed by atoms with E-state index in [1.165, 1.54) is 31.5 Å². The number of aryl methyl sites for hydroxylation is 1. The number of carboxylic acid groups (broad SMARTS) is 1. The number of hydrogen-bond acceptors (Lipinski definition) is 5.